The molecular weight excluding hydrogens is 383 g/mol. The van der Waals surface area contributed by atoms with Crippen molar-refractivity contribution in [1.82, 2.24) is 4.98 Å². The first-order valence-electron chi connectivity index (χ1n) is 9.49. The molecule has 0 aliphatic rings. The number of rotatable bonds is 1. The Bertz CT molecular complexity index is 1280. The van der Waals surface area contributed by atoms with Gasteiger partial charge in [-0.05, 0) is 54.8 Å². The minimum absolute atomic E-state index is 0.103. The van der Waals surface area contributed by atoms with E-state index in [0.717, 1.165) is 11.1 Å². The van der Waals surface area contributed by atoms with Gasteiger partial charge in [-0.3, -0.25) is 0 Å². The van der Waals surface area contributed by atoms with Crippen LogP contribution in [0.15, 0.2) is 72.8 Å². The molecule has 1 heterocycles. The molecule has 148 valence electrons. The number of hydrogen-bond acceptors (Lipinski definition) is 1. The van der Waals surface area contributed by atoms with Gasteiger partial charge >= 0.3 is 6.18 Å². The molecule has 0 bridgehead atoms. The first kappa shape index (κ1) is 19.7. The Labute approximate surface area is 173 Å². The molecule has 0 aliphatic heterocycles. The summed E-state index contributed by atoms with van der Waals surface area (Å²) in [6.07, 6.45) is -4.63. The molecule has 0 unspecified atom stereocenters. The van der Waals surface area contributed by atoms with Crippen molar-refractivity contribution in [3.8, 4) is 23.0 Å². The van der Waals surface area contributed by atoms with Gasteiger partial charge in [0.25, 0.3) is 0 Å². The predicted molar refractivity (Wildman–Crippen MR) is 114 cm³/mol. The molecule has 30 heavy (non-hydrogen) atoms. The summed E-state index contributed by atoms with van der Waals surface area (Å²) in [5, 5.41) is 0.662. The predicted octanol–water partition coefficient (Wildman–Crippen LogP) is 6.94. The van der Waals surface area contributed by atoms with Gasteiger partial charge in [-0.1, -0.05) is 60.4 Å². The summed E-state index contributed by atoms with van der Waals surface area (Å²) in [5.41, 5.74) is 2.91. The molecule has 0 radical (unpaired) electrons. The lowest BCUT2D eigenvalue weighted by molar-refractivity contribution is -0.141. The standard InChI is InChI=1S/C26H18F3N/c1-17-15-22-23(16-18(17)2)30-25(26(27,28)29)21(14-13-19-9-5-3-6-10-19)24(22)20-11-7-4-8-12-20/h3-12,15-16H,1-2H3. The van der Waals surface area contributed by atoms with Gasteiger partial charge in [0.2, 0.25) is 0 Å². The molecule has 1 aromatic heterocycles. The average molecular weight is 401 g/mol. The molecular formula is C26H18F3N. The lowest BCUT2D eigenvalue weighted by Gasteiger charge is -2.17. The van der Waals surface area contributed by atoms with Gasteiger partial charge in [0.15, 0.2) is 5.69 Å². The Morgan fingerprint density at radius 2 is 1.37 bits per heavy atom. The first-order chi connectivity index (χ1) is 14.3. The van der Waals surface area contributed by atoms with E-state index < -0.39 is 11.9 Å². The first-order valence-corrected chi connectivity index (χ1v) is 9.49. The third-order valence-corrected chi connectivity index (χ3v) is 5.04. The zero-order chi connectivity index (χ0) is 21.3. The van der Waals surface area contributed by atoms with E-state index in [-0.39, 0.29) is 5.56 Å². The number of alkyl halides is 3. The Kier molecular flexibility index (Phi) is 5.05. The Balaban J connectivity index is 2.14. The summed E-state index contributed by atoms with van der Waals surface area (Å²) in [6, 6.07) is 21.6. The summed E-state index contributed by atoms with van der Waals surface area (Å²) in [5.74, 6) is 5.68. The van der Waals surface area contributed by atoms with Gasteiger partial charge in [-0.2, -0.15) is 13.2 Å². The van der Waals surface area contributed by atoms with Crippen LogP contribution in [0.1, 0.15) is 27.9 Å². The fourth-order valence-electron chi connectivity index (χ4n) is 3.41. The molecule has 0 atom stereocenters. The Morgan fingerprint density at radius 1 is 0.767 bits per heavy atom. The number of aryl methyl sites for hydroxylation is 2. The van der Waals surface area contributed by atoms with E-state index in [9.17, 15) is 13.2 Å². The van der Waals surface area contributed by atoms with Crippen LogP contribution >= 0.6 is 0 Å². The molecule has 3 aromatic carbocycles. The van der Waals surface area contributed by atoms with E-state index in [4.69, 9.17) is 0 Å². The van der Waals surface area contributed by atoms with Crippen LogP contribution in [0.25, 0.3) is 22.0 Å². The van der Waals surface area contributed by atoms with Crippen molar-refractivity contribution in [2.75, 3.05) is 0 Å². The number of halogens is 3. The zero-order valence-corrected chi connectivity index (χ0v) is 16.5. The molecule has 4 aromatic rings. The molecule has 0 amide bonds. The van der Waals surface area contributed by atoms with Gasteiger partial charge in [0.05, 0.1) is 11.1 Å². The lowest BCUT2D eigenvalue weighted by Crippen LogP contribution is -2.12. The van der Waals surface area contributed by atoms with E-state index >= 15 is 0 Å². The summed E-state index contributed by atoms with van der Waals surface area (Å²) in [6.45, 7) is 3.81. The topological polar surface area (TPSA) is 12.9 Å². The van der Waals surface area contributed by atoms with E-state index in [1.165, 1.54) is 0 Å². The van der Waals surface area contributed by atoms with E-state index in [1.807, 2.05) is 44.2 Å². The van der Waals surface area contributed by atoms with Crippen LogP contribution in [0.3, 0.4) is 0 Å². The van der Waals surface area contributed by atoms with Crippen molar-refractivity contribution >= 4 is 10.9 Å². The highest BCUT2D eigenvalue weighted by atomic mass is 19.4. The molecule has 0 saturated heterocycles. The van der Waals surface area contributed by atoms with Crippen molar-refractivity contribution in [3.05, 3.63) is 101 Å². The summed E-state index contributed by atoms with van der Waals surface area (Å²) in [4.78, 5) is 4.02. The summed E-state index contributed by atoms with van der Waals surface area (Å²) >= 11 is 0. The van der Waals surface area contributed by atoms with E-state index in [0.29, 0.717) is 27.6 Å². The SMILES string of the molecule is Cc1cc2nc(C(F)(F)F)c(C#Cc3ccccc3)c(-c3ccccc3)c2cc1C. The largest absolute Gasteiger partial charge is 0.434 e. The van der Waals surface area contributed by atoms with Crippen LogP contribution in [0.5, 0.6) is 0 Å². The van der Waals surface area contributed by atoms with Gasteiger partial charge in [-0.25, -0.2) is 4.98 Å². The second kappa shape index (κ2) is 7.68. The second-order valence-electron chi connectivity index (χ2n) is 7.14. The number of hydrogen-bond donors (Lipinski definition) is 0. The van der Waals surface area contributed by atoms with Crippen LogP contribution in [0.2, 0.25) is 0 Å². The van der Waals surface area contributed by atoms with Gasteiger partial charge in [-0.15, -0.1) is 0 Å². The monoisotopic (exact) mass is 401 g/mol. The fourth-order valence-corrected chi connectivity index (χ4v) is 3.41. The van der Waals surface area contributed by atoms with Crippen LogP contribution in [-0.4, -0.2) is 4.98 Å². The third-order valence-electron chi connectivity index (χ3n) is 5.04. The van der Waals surface area contributed by atoms with Crippen LogP contribution in [-0.2, 0) is 6.18 Å². The number of pyridine rings is 1. The second-order valence-corrected chi connectivity index (χ2v) is 7.14. The molecule has 0 fully saturated rings. The van der Waals surface area contributed by atoms with Crippen LogP contribution in [0, 0.1) is 25.7 Å². The van der Waals surface area contributed by atoms with Crippen LogP contribution < -0.4 is 0 Å². The number of nitrogens with zero attached hydrogens (tertiary/aromatic N) is 1. The Hall–Kier alpha value is -3.58. The molecule has 0 spiro atoms. The molecule has 0 saturated carbocycles. The van der Waals surface area contributed by atoms with E-state index in [2.05, 4.69) is 16.8 Å². The maximum atomic E-state index is 14.0. The highest BCUT2D eigenvalue weighted by molar-refractivity contribution is 5.99. The fraction of sp³-hybridized carbons (Fsp3) is 0.115. The quantitative estimate of drug-likeness (QED) is 0.315. The lowest BCUT2D eigenvalue weighted by atomic mass is 9.92. The molecule has 0 N–H and O–H groups in total. The maximum absolute atomic E-state index is 14.0. The molecule has 4 rings (SSSR count). The minimum Gasteiger partial charge on any atom is -0.242 e. The normalized spacial score (nSPS) is 11.2. The minimum atomic E-state index is -4.63. The average Bonchev–Trinajstić information content (AvgIpc) is 2.73. The Morgan fingerprint density at radius 3 is 2.00 bits per heavy atom. The molecule has 4 heteroatoms. The van der Waals surface area contributed by atoms with Crippen molar-refractivity contribution in [2.24, 2.45) is 0 Å². The zero-order valence-electron chi connectivity index (χ0n) is 16.5. The number of benzene rings is 3. The third kappa shape index (κ3) is 3.79. The molecule has 0 aliphatic carbocycles. The summed E-state index contributed by atoms with van der Waals surface area (Å²) < 4.78 is 42.1. The van der Waals surface area contributed by atoms with Crippen molar-refractivity contribution in [1.29, 1.82) is 0 Å². The van der Waals surface area contributed by atoms with Crippen molar-refractivity contribution < 1.29 is 13.2 Å². The highest BCUT2D eigenvalue weighted by Crippen LogP contribution is 2.39. The van der Waals surface area contributed by atoms with Gasteiger partial charge < -0.3 is 0 Å². The van der Waals surface area contributed by atoms with Crippen LogP contribution in [0.4, 0.5) is 13.2 Å². The van der Waals surface area contributed by atoms with Gasteiger partial charge in [0, 0.05) is 16.5 Å². The van der Waals surface area contributed by atoms with Gasteiger partial charge in [0.1, 0.15) is 0 Å². The van der Waals surface area contributed by atoms with E-state index in [1.54, 1.807) is 42.5 Å². The summed E-state index contributed by atoms with van der Waals surface area (Å²) in [7, 11) is 0. The molecule has 1 nitrogen and oxygen atoms in total. The number of fused-ring (bicyclic) bond motifs is 1. The smallest absolute Gasteiger partial charge is 0.242 e. The van der Waals surface area contributed by atoms with Crippen molar-refractivity contribution in [2.45, 2.75) is 20.0 Å². The number of aromatic nitrogens is 1. The van der Waals surface area contributed by atoms with Crippen molar-refractivity contribution in [3.63, 3.8) is 0 Å². The maximum Gasteiger partial charge on any atom is 0.434 e. The highest BCUT2D eigenvalue weighted by Gasteiger charge is 2.37.